The molecule has 1 aliphatic rings. The highest BCUT2D eigenvalue weighted by atomic mass is 16.5. The van der Waals surface area contributed by atoms with Crippen LogP contribution >= 0.6 is 0 Å². The van der Waals surface area contributed by atoms with Crippen LogP contribution in [0.4, 0.5) is 0 Å². The summed E-state index contributed by atoms with van der Waals surface area (Å²) in [5.74, 6) is 0.0866. The maximum Gasteiger partial charge on any atom is 0.306 e. The van der Waals surface area contributed by atoms with Crippen LogP contribution in [0.25, 0.3) is 0 Å². The van der Waals surface area contributed by atoms with Gasteiger partial charge in [-0.15, -0.1) is 0 Å². The van der Waals surface area contributed by atoms with E-state index in [2.05, 4.69) is 35.2 Å². The lowest BCUT2D eigenvalue weighted by atomic mass is 9.88. The fourth-order valence-electron chi connectivity index (χ4n) is 4.19. The smallest absolute Gasteiger partial charge is 0.306 e. The average molecular weight is 425 g/mol. The lowest BCUT2D eigenvalue weighted by Crippen LogP contribution is -2.32. The predicted molar refractivity (Wildman–Crippen MR) is 115 cm³/mol. The third-order valence-electron chi connectivity index (χ3n) is 5.86. The van der Waals surface area contributed by atoms with Crippen LogP contribution in [0.5, 0.6) is 5.75 Å². The quantitative estimate of drug-likeness (QED) is 0.593. The summed E-state index contributed by atoms with van der Waals surface area (Å²) in [7, 11) is 3.15. The average Bonchev–Trinajstić information content (AvgIpc) is 3.31. The first-order valence-corrected chi connectivity index (χ1v) is 10.4. The number of carbonyl (C=O) groups is 1. The van der Waals surface area contributed by atoms with Crippen LogP contribution in [0.1, 0.15) is 60.6 Å². The Morgan fingerprint density at radius 1 is 1.35 bits per heavy atom. The van der Waals surface area contributed by atoms with Gasteiger partial charge in [0, 0.05) is 36.8 Å². The summed E-state index contributed by atoms with van der Waals surface area (Å²) in [6.45, 7) is 4.20. The molecule has 0 unspecified atom stereocenters. The van der Waals surface area contributed by atoms with Crippen molar-refractivity contribution in [2.24, 2.45) is 7.05 Å². The molecule has 4 rings (SSSR count). The Balaban J connectivity index is 1.67. The lowest BCUT2D eigenvalue weighted by molar-refractivity contribution is -0.140. The Kier molecular flexibility index (Phi) is 5.47. The molecular weight excluding hydrogens is 396 g/mol. The van der Waals surface area contributed by atoms with Crippen molar-refractivity contribution in [3.63, 3.8) is 0 Å². The lowest BCUT2D eigenvalue weighted by Gasteiger charge is -2.32. The molecule has 0 fully saturated rings. The van der Waals surface area contributed by atoms with Gasteiger partial charge in [-0.2, -0.15) is 5.10 Å². The molecule has 8 nitrogen and oxygen atoms in total. The summed E-state index contributed by atoms with van der Waals surface area (Å²) in [6.07, 6.45) is 6.00. The number of aromatic amines is 2. The number of esters is 1. The summed E-state index contributed by atoms with van der Waals surface area (Å²) in [6, 6.07) is 6.16. The fourth-order valence-corrected chi connectivity index (χ4v) is 4.19. The second kappa shape index (κ2) is 8.09. The highest BCUT2D eigenvalue weighted by Gasteiger charge is 2.28. The largest absolute Gasteiger partial charge is 0.488 e. The highest BCUT2D eigenvalue weighted by molar-refractivity contribution is 5.71. The zero-order chi connectivity index (χ0) is 22.2. The number of carbonyl (C=O) groups excluding carboxylic acids is 1. The van der Waals surface area contributed by atoms with Crippen LogP contribution < -0.4 is 10.3 Å². The number of nitrogens with zero attached hydrogens (tertiary/aromatic N) is 2. The first-order chi connectivity index (χ1) is 14.8. The van der Waals surface area contributed by atoms with Crippen molar-refractivity contribution in [1.29, 1.82) is 0 Å². The number of hydrogen-bond acceptors (Lipinski definition) is 5. The van der Waals surface area contributed by atoms with E-state index in [1.165, 1.54) is 12.7 Å². The summed E-state index contributed by atoms with van der Waals surface area (Å²) in [5, 5.41) is 9.92. The molecule has 0 saturated carbocycles. The monoisotopic (exact) mass is 424 g/mol. The molecule has 31 heavy (non-hydrogen) atoms. The molecule has 0 radical (unpaired) electrons. The van der Waals surface area contributed by atoms with E-state index in [1.807, 2.05) is 18.3 Å². The number of fused-ring (bicyclic) bond motifs is 1. The van der Waals surface area contributed by atoms with Crippen LogP contribution in [0.3, 0.4) is 0 Å². The van der Waals surface area contributed by atoms with Gasteiger partial charge in [-0.25, -0.2) is 0 Å². The molecule has 2 N–H and O–H groups in total. The first kappa shape index (κ1) is 21.0. The van der Waals surface area contributed by atoms with Crippen molar-refractivity contribution >= 4 is 5.97 Å². The molecule has 8 heteroatoms. The fraction of sp³-hybridized carbons (Fsp3) is 0.435. The molecule has 2 aromatic heterocycles. The van der Waals surface area contributed by atoms with Gasteiger partial charge >= 0.3 is 5.97 Å². The number of benzene rings is 1. The molecule has 0 saturated heterocycles. The Labute approximate surface area is 180 Å². The normalized spacial score (nSPS) is 15.7. The molecule has 0 aliphatic carbocycles. The van der Waals surface area contributed by atoms with Crippen molar-refractivity contribution in [3.05, 3.63) is 68.9 Å². The second-order valence-corrected chi connectivity index (χ2v) is 8.73. The number of methoxy groups -OCH3 is 1. The maximum atomic E-state index is 12.7. The molecule has 0 spiro atoms. The predicted octanol–water partition coefficient (Wildman–Crippen LogP) is 2.83. The Hall–Kier alpha value is -3.29. The van der Waals surface area contributed by atoms with Crippen molar-refractivity contribution in [3.8, 4) is 5.75 Å². The van der Waals surface area contributed by atoms with Gasteiger partial charge in [-0.05, 0) is 49.4 Å². The zero-order valence-corrected chi connectivity index (χ0v) is 18.3. The van der Waals surface area contributed by atoms with Crippen molar-refractivity contribution in [2.75, 3.05) is 7.11 Å². The number of aromatic nitrogens is 4. The van der Waals surface area contributed by atoms with Gasteiger partial charge in [-0.1, -0.05) is 12.1 Å². The third kappa shape index (κ3) is 4.42. The van der Waals surface area contributed by atoms with Gasteiger partial charge in [-0.3, -0.25) is 19.4 Å². The van der Waals surface area contributed by atoms with E-state index in [1.54, 1.807) is 17.9 Å². The minimum atomic E-state index is -0.451. The Morgan fingerprint density at radius 3 is 2.87 bits per heavy atom. The number of nitrogens with one attached hydrogen (secondary N) is 2. The highest BCUT2D eigenvalue weighted by Crippen LogP contribution is 2.34. The molecule has 1 atom stereocenters. The van der Waals surface area contributed by atoms with Crippen LogP contribution in [0.15, 0.2) is 35.4 Å². The van der Waals surface area contributed by atoms with E-state index >= 15 is 0 Å². The van der Waals surface area contributed by atoms with Crippen LogP contribution in [-0.2, 0) is 29.4 Å². The van der Waals surface area contributed by atoms with E-state index in [0.717, 1.165) is 35.4 Å². The number of hydrogen-bond donors (Lipinski definition) is 2. The van der Waals surface area contributed by atoms with Gasteiger partial charge in [0.1, 0.15) is 11.4 Å². The molecule has 3 heterocycles. The minimum absolute atomic E-state index is 0.0588. The minimum Gasteiger partial charge on any atom is -0.488 e. The SMILES string of the molecule is COC(=O)C[C@@H](c1cnn(C)c1)c1c(Cc2ccc3c(c2)CCC(C)(C)O3)[nH][nH]c1=O. The number of rotatable bonds is 6. The van der Waals surface area contributed by atoms with Crippen LogP contribution in [0, 0.1) is 0 Å². The third-order valence-corrected chi connectivity index (χ3v) is 5.86. The van der Waals surface area contributed by atoms with Gasteiger partial charge in [0.15, 0.2) is 0 Å². The van der Waals surface area contributed by atoms with E-state index in [0.29, 0.717) is 12.0 Å². The van der Waals surface area contributed by atoms with Gasteiger partial charge in [0.2, 0.25) is 0 Å². The summed E-state index contributed by atoms with van der Waals surface area (Å²) in [4.78, 5) is 24.8. The van der Waals surface area contributed by atoms with Crippen molar-refractivity contribution < 1.29 is 14.3 Å². The number of H-pyrrole nitrogens is 2. The summed E-state index contributed by atoms with van der Waals surface area (Å²) < 4.78 is 12.6. The van der Waals surface area contributed by atoms with Crippen LogP contribution in [-0.4, -0.2) is 38.7 Å². The molecule has 3 aromatic rings. The number of ether oxygens (including phenoxy) is 2. The summed E-state index contributed by atoms with van der Waals surface area (Å²) in [5.41, 5.74) is 3.93. The molecule has 0 amide bonds. The van der Waals surface area contributed by atoms with Gasteiger partial charge in [0.05, 0.1) is 19.7 Å². The molecule has 1 aliphatic heterocycles. The first-order valence-electron chi connectivity index (χ1n) is 10.4. The summed E-state index contributed by atoms with van der Waals surface area (Å²) >= 11 is 0. The maximum absolute atomic E-state index is 12.7. The van der Waals surface area contributed by atoms with E-state index in [-0.39, 0.29) is 23.6 Å². The zero-order valence-electron chi connectivity index (χ0n) is 18.3. The van der Waals surface area contributed by atoms with Crippen molar-refractivity contribution in [2.45, 2.75) is 51.0 Å². The van der Waals surface area contributed by atoms with Gasteiger partial charge in [0.25, 0.3) is 5.56 Å². The topological polar surface area (TPSA) is 102 Å². The second-order valence-electron chi connectivity index (χ2n) is 8.73. The van der Waals surface area contributed by atoms with E-state index < -0.39 is 5.92 Å². The molecule has 0 bridgehead atoms. The van der Waals surface area contributed by atoms with Crippen molar-refractivity contribution in [1.82, 2.24) is 20.0 Å². The number of aryl methyl sites for hydroxylation is 2. The van der Waals surface area contributed by atoms with Crippen LogP contribution in [0.2, 0.25) is 0 Å². The Bertz CT molecular complexity index is 1150. The van der Waals surface area contributed by atoms with Gasteiger partial charge < -0.3 is 14.6 Å². The standard InChI is InChI=1S/C23H28N4O4/c1-23(2)8-7-15-9-14(5-6-19(15)31-23)10-18-21(22(29)26-25-18)17(11-20(28)30-4)16-12-24-27(3)13-16/h5-6,9,12-13,17H,7-8,10-11H2,1-4H3,(H2,25,26,29)/t17-/m0/s1. The molecule has 164 valence electrons. The molecular formula is C23H28N4O4. The molecule has 1 aromatic carbocycles. The van der Waals surface area contributed by atoms with E-state index in [4.69, 9.17) is 9.47 Å². The Morgan fingerprint density at radius 2 is 2.16 bits per heavy atom. The van der Waals surface area contributed by atoms with E-state index in [9.17, 15) is 9.59 Å².